The van der Waals surface area contributed by atoms with Crippen LogP contribution in [-0.4, -0.2) is 66.2 Å². The number of aromatic amines is 1. The summed E-state index contributed by atoms with van der Waals surface area (Å²) in [7, 11) is -3.71. The maximum Gasteiger partial charge on any atom is 0.245 e. The van der Waals surface area contributed by atoms with Gasteiger partial charge in [0, 0.05) is 50.0 Å². The molecule has 0 bridgehead atoms. The van der Waals surface area contributed by atoms with Gasteiger partial charge < -0.3 is 10.3 Å². The molecule has 1 amide bonds. The Hall–Kier alpha value is -2.89. The molecule has 3 aromatic rings. The first kappa shape index (κ1) is 20.4. The number of sulfonamides is 1. The van der Waals surface area contributed by atoms with Gasteiger partial charge in [0.05, 0.1) is 12.2 Å². The third-order valence-electron chi connectivity index (χ3n) is 4.93. The molecule has 2 aromatic heterocycles. The summed E-state index contributed by atoms with van der Waals surface area (Å²) < 4.78 is 54.0. The molecule has 1 aromatic carbocycles. The first-order valence-corrected chi connectivity index (χ1v) is 10.7. The van der Waals surface area contributed by atoms with Gasteiger partial charge in [-0.15, -0.1) is 0 Å². The van der Waals surface area contributed by atoms with Crippen LogP contribution in [0.1, 0.15) is 0 Å². The van der Waals surface area contributed by atoms with Crippen molar-refractivity contribution in [3.8, 4) is 0 Å². The molecule has 1 saturated heterocycles. The number of benzene rings is 1. The van der Waals surface area contributed by atoms with Crippen molar-refractivity contribution in [3.63, 3.8) is 0 Å². The minimum atomic E-state index is -3.71. The first-order valence-electron chi connectivity index (χ1n) is 9.24. The normalized spacial score (nSPS) is 16.1. The fraction of sp³-hybridized carbons (Fsp3) is 0.263. The van der Waals surface area contributed by atoms with Gasteiger partial charge in [-0.05, 0) is 24.3 Å². The van der Waals surface area contributed by atoms with E-state index in [1.807, 2.05) is 0 Å². The molecule has 0 atom stereocenters. The highest BCUT2D eigenvalue weighted by atomic mass is 32.2. The van der Waals surface area contributed by atoms with E-state index in [1.165, 1.54) is 10.5 Å². The lowest BCUT2D eigenvalue weighted by atomic mass is 10.3. The Kier molecular flexibility index (Phi) is 5.50. The van der Waals surface area contributed by atoms with Crippen LogP contribution in [0, 0.1) is 11.6 Å². The Morgan fingerprint density at radius 3 is 2.67 bits per heavy atom. The van der Waals surface area contributed by atoms with E-state index in [4.69, 9.17) is 0 Å². The van der Waals surface area contributed by atoms with E-state index in [9.17, 15) is 22.0 Å². The lowest BCUT2D eigenvalue weighted by Crippen LogP contribution is -2.50. The van der Waals surface area contributed by atoms with Crippen molar-refractivity contribution >= 4 is 32.7 Å². The van der Waals surface area contributed by atoms with Gasteiger partial charge >= 0.3 is 0 Å². The molecule has 0 radical (unpaired) electrons. The minimum Gasteiger partial charge on any atom is -0.345 e. The number of aromatic nitrogens is 2. The van der Waals surface area contributed by atoms with Crippen molar-refractivity contribution in [1.82, 2.24) is 19.2 Å². The molecule has 0 spiro atoms. The van der Waals surface area contributed by atoms with Gasteiger partial charge in [0.2, 0.25) is 15.9 Å². The number of rotatable bonds is 5. The summed E-state index contributed by atoms with van der Waals surface area (Å²) >= 11 is 0. The Balaban J connectivity index is 1.37. The Bertz CT molecular complexity index is 1190. The number of nitrogens with zero attached hydrogens (tertiary/aromatic N) is 3. The zero-order valence-electron chi connectivity index (χ0n) is 15.8. The van der Waals surface area contributed by atoms with Gasteiger partial charge in [0.1, 0.15) is 22.2 Å². The van der Waals surface area contributed by atoms with Crippen LogP contribution in [0.25, 0.3) is 11.0 Å². The van der Waals surface area contributed by atoms with Crippen molar-refractivity contribution in [1.29, 1.82) is 0 Å². The second-order valence-corrected chi connectivity index (χ2v) is 8.81. The molecule has 11 heteroatoms. The number of carbonyl (C=O) groups excluding carboxylic acids is 1. The minimum absolute atomic E-state index is 0.0261. The van der Waals surface area contributed by atoms with Crippen LogP contribution in [0.2, 0.25) is 0 Å². The summed E-state index contributed by atoms with van der Waals surface area (Å²) in [5.74, 6) is -2.04. The summed E-state index contributed by atoms with van der Waals surface area (Å²) in [6.07, 6.45) is 3.01. The fourth-order valence-corrected chi connectivity index (χ4v) is 4.97. The molecule has 0 unspecified atom stereocenters. The zero-order chi connectivity index (χ0) is 21.3. The summed E-state index contributed by atoms with van der Waals surface area (Å²) in [5, 5.41) is 2.93. The van der Waals surface area contributed by atoms with Crippen LogP contribution >= 0.6 is 0 Å². The van der Waals surface area contributed by atoms with E-state index < -0.39 is 27.6 Å². The van der Waals surface area contributed by atoms with E-state index in [-0.39, 0.29) is 30.2 Å². The largest absolute Gasteiger partial charge is 0.345 e. The standard InChI is InChI=1S/C19H19F2N5O3S/c20-13-3-4-16(15(21)10-13)24-18(27)12-25-6-8-26(9-7-25)30(28,29)17-11-23-19-14(17)2-1-5-22-19/h1-5,10-11H,6-9,12H2,(H,22,23)(H,24,27). The highest BCUT2D eigenvalue weighted by molar-refractivity contribution is 7.89. The van der Waals surface area contributed by atoms with Crippen molar-refractivity contribution < 1.29 is 22.0 Å². The second kappa shape index (κ2) is 8.09. The average molecular weight is 435 g/mol. The van der Waals surface area contributed by atoms with Crippen LogP contribution in [0.4, 0.5) is 14.5 Å². The second-order valence-electron chi connectivity index (χ2n) is 6.91. The van der Waals surface area contributed by atoms with E-state index >= 15 is 0 Å². The summed E-state index contributed by atoms with van der Waals surface area (Å²) in [5.41, 5.74) is 0.398. The lowest BCUT2D eigenvalue weighted by molar-refractivity contribution is -0.117. The molecular weight excluding hydrogens is 416 g/mol. The van der Waals surface area contributed by atoms with Crippen LogP contribution < -0.4 is 5.32 Å². The van der Waals surface area contributed by atoms with Gasteiger partial charge in [-0.25, -0.2) is 22.2 Å². The van der Waals surface area contributed by atoms with E-state index in [2.05, 4.69) is 15.3 Å². The quantitative estimate of drug-likeness (QED) is 0.637. The predicted molar refractivity (Wildman–Crippen MR) is 106 cm³/mol. The Labute approximate surface area is 171 Å². The molecule has 0 saturated carbocycles. The van der Waals surface area contributed by atoms with Gasteiger partial charge in [0.25, 0.3) is 0 Å². The topological polar surface area (TPSA) is 98.4 Å². The molecule has 0 aliphatic carbocycles. The maximum atomic E-state index is 13.7. The molecule has 4 rings (SSSR count). The predicted octanol–water partition coefficient (Wildman–Crippen LogP) is 1.79. The van der Waals surface area contributed by atoms with Crippen molar-refractivity contribution in [2.75, 3.05) is 38.0 Å². The van der Waals surface area contributed by atoms with Crippen LogP contribution in [0.5, 0.6) is 0 Å². The van der Waals surface area contributed by atoms with Gasteiger partial charge in [0.15, 0.2) is 0 Å². The molecule has 1 fully saturated rings. The molecule has 1 aliphatic heterocycles. The third-order valence-corrected chi connectivity index (χ3v) is 6.87. The molecule has 3 heterocycles. The number of piperazine rings is 1. The monoisotopic (exact) mass is 435 g/mol. The highest BCUT2D eigenvalue weighted by Gasteiger charge is 2.31. The molecular formula is C19H19F2N5O3S. The van der Waals surface area contributed by atoms with E-state index in [0.717, 1.165) is 12.1 Å². The molecule has 30 heavy (non-hydrogen) atoms. The van der Waals surface area contributed by atoms with Gasteiger partial charge in [-0.1, -0.05) is 0 Å². The molecule has 158 valence electrons. The number of anilines is 1. The van der Waals surface area contributed by atoms with Crippen molar-refractivity contribution in [2.24, 2.45) is 0 Å². The number of hydrogen-bond donors (Lipinski definition) is 2. The van der Waals surface area contributed by atoms with Gasteiger partial charge in [-0.3, -0.25) is 9.69 Å². The van der Waals surface area contributed by atoms with E-state index in [1.54, 1.807) is 23.2 Å². The molecule has 1 aliphatic rings. The third kappa shape index (κ3) is 4.04. The van der Waals surface area contributed by atoms with Crippen molar-refractivity contribution in [3.05, 3.63) is 54.4 Å². The Morgan fingerprint density at radius 2 is 1.93 bits per heavy atom. The summed E-state index contributed by atoms with van der Waals surface area (Å²) in [6.45, 7) is 1.10. The molecule has 8 nitrogen and oxygen atoms in total. The number of halogens is 2. The summed E-state index contributed by atoms with van der Waals surface area (Å²) in [4.78, 5) is 21.1. The number of amides is 1. The van der Waals surface area contributed by atoms with Crippen LogP contribution in [0.3, 0.4) is 0 Å². The lowest BCUT2D eigenvalue weighted by Gasteiger charge is -2.33. The molecule has 2 N–H and O–H groups in total. The van der Waals surface area contributed by atoms with Crippen molar-refractivity contribution in [2.45, 2.75) is 4.90 Å². The van der Waals surface area contributed by atoms with Gasteiger partial charge in [-0.2, -0.15) is 4.31 Å². The van der Waals surface area contributed by atoms with Crippen LogP contribution in [-0.2, 0) is 14.8 Å². The number of pyridine rings is 1. The maximum absolute atomic E-state index is 13.7. The SMILES string of the molecule is O=C(CN1CCN(S(=O)(=O)c2c[nH]c3ncccc23)CC1)Nc1ccc(F)cc1F. The van der Waals surface area contributed by atoms with Crippen LogP contribution in [0.15, 0.2) is 47.6 Å². The first-order chi connectivity index (χ1) is 14.3. The smallest absolute Gasteiger partial charge is 0.245 e. The zero-order valence-corrected chi connectivity index (χ0v) is 16.6. The number of carbonyl (C=O) groups is 1. The summed E-state index contributed by atoms with van der Waals surface area (Å²) in [6, 6.07) is 6.28. The average Bonchev–Trinajstić information content (AvgIpc) is 3.15. The Morgan fingerprint density at radius 1 is 1.17 bits per heavy atom. The van der Waals surface area contributed by atoms with E-state index in [0.29, 0.717) is 30.2 Å². The number of H-pyrrole nitrogens is 1. The number of fused-ring (bicyclic) bond motifs is 1. The number of hydrogen-bond acceptors (Lipinski definition) is 5. The highest BCUT2D eigenvalue weighted by Crippen LogP contribution is 2.25. The fourth-order valence-electron chi connectivity index (χ4n) is 3.39. The number of nitrogens with one attached hydrogen (secondary N) is 2.